The summed E-state index contributed by atoms with van der Waals surface area (Å²) in [6, 6.07) is 3.63. The highest BCUT2D eigenvalue weighted by Crippen LogP contribution is 2.33. The second-order valence-electron chi connectivity index (χ2n) is 3.89. The lowest BCUT2D eigenvalue weighted by molar-refractivity contribution is -0.385. The van der Waals surface area contributed by atoms with Crippen molar-refractivity contribution in [1.29, 1.82) is 0 Å². The Morgan fingerprint density at radius 3 is 2.75 bits per heavy atom. The van der Waals surface area contributed by atoms with Crippen molar-refractivity contribution in [3.63, 3.8) is 0 Å². The second kappa shape index (κ2) is 4.43. The molecule has 3 nitrogen and oxygen atoms in total. The third kappa shape index (κ3) is 2.10. The molecule has 0 atom stereocenters. The number of hydrogen-bond acceptors (Lipinski definition) is 2. The molecule has 0 saturated carbocycles. The van der Waals surface area contributed by atoms with Crippen LogP contribution in [0.3, 0.4) is 0 Å². The van der Waals surface area contributed by atoms with Crippen LogP contribution in [0.2, 0.25) is 0 Å². The molecule has 1 aromatic rings. The molecule has 0 fully saturated rings. The molecule has 0 aliphatic heterocycles. The van der Waals surface area contributed by atoms with Crippen LogP contribution in [0.4, 0.5) is 10.1 Å². The van der Waals surface area contributed by atoms with E-state index in [9.17, 15) is 14.5 Å². The minimum atomic E-state index is -0.454. The summed E-state index contributed by atoms with van der Waals surface area (Å²) in [5.74, 6) is -0.424. The summed E-state index contributed by atoms with van der Waals surface area (Å²) < 4.78 is 13.1. The van der Waals surface area contributed by atoms with Crippen LogP contribution in [0.15, 0.2) is 24.3 Å². The SMILES string of the molecule is O=[N+]([O-])c1ccc(F)cc1C1=CCCCC1. The van der Waals surface area contributed by atoms with Gasteiger partial charge in [-0.3, -0.25) is 10.1 Å². The summed E-state index contributed by atoms with van der Waals surface area (Å²) >= 11 is 0. The quantitative estimate of drug-likeness (QED) is 0.564. The van der Waals surface area contributed by atoms with Crippen molar-refractivity contribution in [2.45, 2.75) is 25.7 Å². The Morgan fingerprint density at radius 1 is 1.31 bits per heavy atom. The van der Waals surface area contributed by atoms with Gasteiger partial charge in [0.15, 0.2) is 0 Å². The summed E-state index contributed by atoms with van der Waals surface area (Å²) in [4.78, 5) is 10.4. The lowest BCUT2D eigenvalue weighted by atomic mass is 9.93. The number of nitro groups is 1. The maximum Gasteiger partial charge on any atom is 0.277 e. The lowest BCUT2D eigenvalue weighted by Gasteiger charge is -2.12. The molecule has 0 amide bonds. The number of halogens is 1. The molecule has 4 heteroatoms. The van der Waals surface area contributed by atoms with Gasteiger partial charge in [0.25, 0.3) is 5.69 Å². The summed E-state index contributed by atoms with van der Waals surface area (Å²) in [5, 5.41) is 10.8. The van der Waals surface area contributed by atoms with Gasteiger partial charge >= 0.3 is 0 Å². The van der Waals surface area contributed by atoms with Crippen LogP contribution in [0, 0.1) is 15.9 Å². The summed E-state index contributed by atoms with van der Waals surface area (Å²) in [6.45, 7) is 0. The first-order chi connectivity index (χ1) is 7.68. The molecular formula is C12H12FNO2. The Kier molecular flexibility index (Phi) is 2.99. The third-order valence-electron chi connectivity index (χ3n) is 2.79. The molecule has 16 heavy (non-hydrogen) atoms. The van der Waals surface area contributed by atoms with E-state index in [0.29, 0.717) is 5.56 Å². The van der Waals surface area contributed by atoms with Crippen LogP contribution in [0.25, 0.3) is 5.57 Å². The number of benzene rings is 1. The first-order valence-corrected chi connectivity index (χ1v) is 5.32. The molecule has 0 bridgehead atoms. The van der Waals surface area contributed by atoms with E-state index in [1.165, 1.54) is 12.1 Å². The summed E-state index contributed by atoms with van der Waals surface area (Å²) in [5.41, 5.74) is 1.33. The molecule has 0 spiro atoms. The highest BCUT2D eigenvalue weighted by atomic mass is 19.1. The van der Waals surface area contributed by atoms with Gasteiger partial charge in [-0.25, -0.2) is 4.39 Å². The largest absolute Gasteiger partial charge is 0.277 e. The third-order valence-corrected chi connectivity index (χ3v) is 2.79. The van der Waals surface area contributed by atoms with Gasteiger partial charge in [0.05, 0.1) is 10.5 Å². The predicted octanol–water partition coefficient (Wildman–Crippen LogP) is 3.69. The minimum absolute atomic E-state index is 0.00505. The van der Waals surface area contributed by atoms with Gasteiger partial charge in [0.2, 0.25) is 0 Å². The molecule has 2 rings (SSSR count). The van der Waals surface area contributed by atoms with E-state index in [1.807, 2.05) is 6.08 Å². The van der Waals surface area contributed by atoms with E-state index < -0.39 is 10.7 Å². The smallest absolute Gasteiger partial charge is 0.258 e. The van der Waals surface area contributed by atoms with Crippen LogP contribution in [0.5, 0.6) is 0 Å². The molecule has 0 heterocycles. The Balaban J connectivity index is 2.48. The summed E-state index contributed by atoms with van der Waals surface area (Å²) in [6.07, 6.45) is 5.81. The second-order valence-corrected chi connectivity index (χ2v) is 3.89. The topological polar surface area (TPSA) is 43.1 Å². The van der Waals surface area contributed by atoms with Crippen LogP contribution < -0.4 is 0 Å². The van der Waals surface area contributed by atoms with Gasteiger partial charge in [0.1, 0.15) is 5.82 Å². The number of nitro benzene ring substituents is 1. The minimum Gasteiger partial charge on any atom is -0.258 e. The molecule has 84 valence electrons. The molecular weight excluding hydrogens is 209 g/mol. The average molecular weight is 221 g/mol. The van der Waals surface area contributed by atoms with E-state index >= 15 is 0 Å². The van der Waals surface area contributed by atoms with Crippen molar-refractivity contribution >= 4 is 11.3 Å². The molecule has 0 unspecified atom stereocenters. The number of nitrogens with zero attached hydrogens (tertiary/aromatic N) is 1. The number of allylic oxidation sites excluding steroid dienone is 2. The Hall–Kier alpha value is -1.71. The van der Waals surface area contributed by atoms with Crippen LogP contribution in [0.1, 0.15) is 31.2 Å². The molecule has 1 aliphatic rings. The zero-order valence-electron chi connectivity index (χ0n) is 8.78. The van der Waals surface area contributed by atoms with Gasteiger partial charge in [-0.15, -0.1) is 0 Å². The van der Waals surface area contributed by atoms with E-state index in [-0.39, 0.29) is 5.69 Å². The van der Waals surface area contributed by atoms with Crippen molar-refractivity contribution < 1.29 is 9.31 Å². The van der Waals surface area contributed by atoms with Gasteiger partial charge in [-0.2, -0.15) is 0 Å². The number of hydrogen-bond donors (Lipinski definition) is 0. The first kappa shape index (κ1) is 10.8. The summed E-state index contributed by atoms with van der Waals surface area (Å²) in [7, 11) is 0. The molecule has 0 saturated heterocycles. The maximum absolute atomic E-state index is 13.1. The van der Waals surface area contributed by atoms with Gasteiger partial charge < -0.3 is 0 Å². The van der Waals surface area contributed by atoms with E-state index in [1.54, 1.807) is 0 Å². The van der Waals surface area contributed by atoms with Crippen molar-refractivity contribution in [2.75, 3.05) is 0 Å². The fourth-order valence-electron chi connectivity index (χ4n) is 2.01. The first-order valence-electron chi connectivity index (χ1n) is 5.32. The Morgan fingerprint density at radius 2 is 2.12 bits per heavy atom. The Labute approximate surface area is 92.7 Å². The fourth-order valence-corrected chi connectivity index (χ4v) is 2.01. The Bertz CT molecular complexity index is 454. The van der Waals surface area contributed by atoms with Gasteiger partial charge in [-0.05, 0) is 43.4 Å². The van der Waals surface area contributed by atoms with E-state index in [0.717, 1.165) is 37.3 Å². The fraction of sp³-hybridized carbons (Fsp3) is 0.333. The predicted molar refractivity (Wildman–Crippen MR) is 59.5 cm³/mol. The molecule has 1 aliphatic carbocycles. The normalized spacial score (nSPS) is 15.7. The van der Waals surface area contributed by atoms with Crippen molar-refractivity contribution in [1.82, 2.24) is 0 Å². The maximum atomic E-state index is 13.1. The van der Waals surface area contributed by atoms with Gasteiger partial charge in [0, 0.05) is 6.07 Å². The van der Waals surface area contributed by atoms with Crippen LogP contribution in [-0.2, 0) is 0 Å². The standard InChI is InChI=1S/C12H12FNO2/c13-10-6-7-12(14(15)16)11(8-10)9-4-2-1-3-5-9/h4,6-8H,1-3,5H2. The zero-order valence-corrected chi connectivity index (χ0v) is 8.78. The van der Waals surface area contributed by atoms with E-state index in [2.05, 4.69) is 0 Å². The van der Waals surface area contributed by atoms with Crippen molar-refractivity contribution in [2.24, 2.45) is 0 Å². The van der Waals surface area contributed by atoms with Crippen LogP contribution >= 0.6 is 0 Å². The highest BCUT2D eigenvalue weighted by Gasteiger charge is 2.18. The zero-order chi connectivity index (χ0) is 11.5. The molecule has 1 aromatic carbocycles. The lowest BCUT2D eigenvalue weighted by Crippen LogP contribution is -1.98. The van der Waals surface area contributed by atoms with Gasteiger partial charge in [-0.1, -0.05) is 6.08 Å². The van der Waals surface area contributed by atoms with E-state index in [4.69, 9.17) is 0 Å². The van der Waals surface area contributed by atoms with Crippen molar-refractivity contribution in [3.05, 3.63) is 45.8 Å². The highest BCUT2D eigenvalue weighted by molar-refractivity contribution is 5.73. The average Bonchev–Trinajstić information content (AvgIpc) is 2.29. The van der Waals surface area contributed by atoms with Crippen LogP contribution in [-0.4, -0.2) is 4.92 Å². The molecule has 0 aromatic heterocycles. The van der Waals surface area contributed by atoms with Crippen molar-refractivity contribution in [3.8, 4) is 0 Å². The number of rotatable bonds is 2. The molecule has 0 radical (unpaired) electrons. The monoisotopic (exact) mass is 221 g/mol. The molecule has 0 N–H and O–H groups in total.